The number of hydrogen-bond acceptors (Lipinski definition) is 2. The normalized spacial score (nSPS) is 10.4. The van der Waals surface area contributed by atoms with Gasteiger partial charge in [-0.15, -0.1) is 0 Å². The Kier molecular flexibility index (Phi) is 4.00. The molecule has 2 aromatic rings. The molecule has 0 amide bonds. The van der Waals surface area contributed by atoms with Gasteiger partial charge >= 0.3 is 0 Å². The van der Waals surface area contributed by atoms with Crippen molar-refractivity contribution in [2.75, 3.05) is 0 Å². The lowest BCUT2D eigenvalue weighted by atomic mass is 10.1. The molecule has 2 nitrogen and oxygen atoms in total. The molecule has 0 fully saturated rings. The van der Waals surface area contributed by atoms with Crippen molar-refractivity contribution in [3.63, 3.8) is 0 Å². The average molecular weight is 242 g/mol. The first kappa shape index (κ1) is 12.7. The van der Waals surface area contributed by atoms with Gasteiger partial charge in [0.2, 0.25) is 0 Å². The van der Waals surface area contributed by atoms with Crippen molar-refractivity contribution in [1.29, 1.82) is 0 Å². The van der Waals surface area contributed by atoms with Crippen molar-refractivity contribution in [2.45, 2.75) is 27.1 Å². The molecular formula is C16H18O2. The highest BCUT2D eigenvalue weighted by Gasteiger charge is 1.99. The summed E-state index contributed by atoms with van der Waals surface area (Å²) in [4.78, 5) is 0. The number of ether oxygens (including phenoxy) is 1. The molecule has 94 valence electrons. The zero-order chi connectivity index (χ0) is 13.0. The van der Waals surface area contributed by atoms with Gasteiger partial charge in [-0.2, -0.15) is 0 Å². The second-order valence-corrected chi connectivity index (χ2v) is 4.59. The highest BCUT2D eigenvalue weighted by atomic mass is 16.5. The minimum Gasteiger partial charge on any atom is -0.489 e. The minimum atomic E-state index is 0.0424. The van der Waals surface area contributed by atoms with E-state index in [1.165, 1.54) is 16.7 Å². The first-order valence-electron chi connectivity index (χ1n) is 6.07. The molecule has 2 heteroatoms. The largest absolute Gasteiger partial charge is 0.489 e. The summed E-state index contributed by atoms with van der Waals surface area (Å²) in [7, 11) is 0. The highest BCUT2D eigenvalue weighted by molar-refractivity contribution is 5.30. The summed E-state index contributed by atoms with van der Waals surface area (Å²) in [5.41, 5.74) is 4.53. The topological polar surface area (TPSA) is 29.5 Å². The van der Waals surface area contributed by atoms with Crippen LogP contribution in [-0.4, -0.2) is 5.11 Å². The predicted molar refractivity (Wildman–Crippen MR) is 72.6 cm³/mol. The fourth-order valence-electron chi connectivity index (χ4n) is 2.05. The third-order valence-electron chi connectivity index (χ3n) is 2.77. The zero-order valence-corrected chi connectivity index (χ0v) is 10.8. The molecule has 1 N–H and O–H groups in total. The lowest BCUT2D eigenvalue weighted by molar-refractivity contribution is 0.278. The molecule has 0 saturated heterocycles. The molecule has 0 saturated carbocycles. The molecule has 0 spiro atoms. The van der Waals surface area contributed by atoms with Gasteiger partial charge in [0.15, 0.2) is 0 Å². The van der Waals surface area contributed by atoms with Crippen molar-refractivity contribution in [1.82, 2.24) is 0 Å². The number of hydrogen-bond donors (Lipinski definition) is 1. The van der Waals surface area contributed by atoms with E-state index in [0.717, 1.165) is 11.3 Å². The summed E-state index contributed by atoms with van der Waals surface area (Å²) in [5.74, 6) is 0.792. The summed E-state index contributed by atoms with van der Waals surface area (Å²) in [6.45, 7) is 4.77. The van der Waals surface area contributed by atoms with E-state index < -0.39 is 0 Å². The van der Waals surface area contributed by atoms with E-state index in [9.17, 15) is 0 Å². The van der Waals surface area contributed by atoms with Crippen LogP contribution in [0.25, 0.3) is 0 Å². The monoisotopic (exact) mass is 242 g/mol. The first-order valence-corrected chi connectivity index (χ1v) is 6.07. The number of rotatable bonds is 4. The molecular weight excluding hydrogens is 224 g/mol. The summed E-state index contributed by atoms with van der Waals surface area (Å²) in [6.07, 6.45) is 0. The van der Waals surface area contributed by atoms with Crippen LogP contribution in [0.15, 0.2) is 42.5 Å². The quantitative estimate of drug-likeness (QED) is 0.890. The molecule has 0 heterocycles. The average Bonchev–Trinajstić information content (AvgIpc) is 2.35. The number of aliphatic hydroxyl groups excluding tert-OH is 1. The van der Waals surface area contributed by atoms with Crippen LogP contribution in [0.1, 0.15) is 22.3 Å². The summed E-state index contributed by atoms with van der Waals surface area (Å²) in [6, 6.07) is 13.9. The maximum Gasteiger partial charge on any atom is 0.120 e. The Morgan fingerprint density at radius 1 is 0.944 bits per heavy atom. The molecule has 18 heavy (non-hydrogen) atoms. The Bertz CT molecular complexity index is 512. The molecule has 0 aliphatic carbocycles. The van der Waals surface area contributed by atoms with Gasteiger partial charge in [0, 0.05) is 0 Å². The molecule has 0 aliphatic heterocycles. The SMILES string of the molecule is Cc1cc(C)cc(COc2cccc(CO)c2)c1. The zero-order valence-electron chi connectivity index (χ0n) is 10.8. The fraction of sp³-hybridized carbons (Fsp3) is 0.250. The smallest absolute Gasteiger partial charge is 0.120 e. The second-order valence-electron chi connectivity index (χ2n) is 4.59. The number of aryl methyl sites for hydroxylation is 2. The van der Waals surface area contributed by atoms with Crippen LogP contribution in [0.2, 0.25) is 0 Å². The van der Waals surface area contributed by atoms with Crippen LogP contribution in [0.3, 0.4) is 0 Å². The molecule has 0 aliphatic rings. The van der Waals surface area contributed by atoms with E-state index in [4.69, 9.17) is 9.84 Å². The van der Waals surface area contributed by atoms with Crippen LogP contribution in [0.4, 0.5) is 0 Å². The maximum atomic E-state index is 9.06. The summed E-state index contributed by atoms with van der Waals surface area (Å²) >= 11 is 0. The van der Waals surface area contributed by atoms with Crippen LogP contribution in [0.5, 0.6) is 5.75 Å². The van der Waals surface area contributed by atoms with Gasteiger partial charge in [-0.05, 0) is 37.1 Å². The lowest BCUT2D eigenvalue weighted by Gasteiger charge is -2.09. The third-order valence-corrected chi connectivity index (χ3v) is 2.77. The first-order chi connectivity index (χ1) is 8.67. The minimum absolute atomic E-state index is 0.0424. The van der Waals surface area contributed by atoms with Crippen LogP contribution in [0, 0.1) is 13.8 Å². The molecule has 0 unspecified atom stereocenters. The van der Waals surface area contributed by atoms with E-state index in [1.54, 1.807) is 0 Å². The fourth-order valence-corrected chi connectivity index (χ4v) is 2.05. The number of aliphatic hydroxyl groups is 1. The maximum absolute atomic E-state index is 9.06. The highest BCUT2D eigenvalue weighted by Crippen LogP contribution is 2.16. The second kappa shape index (κ2) is 5.69. The Hall–Kier alpha value is -1.80. The van der Waals surface area contributed by atoms with E-state index in [1.807, 2.05) is 24.3 Å². The molecule has 2 aromatic carbocycles. The summed E-state index contributed by atoms with van der Waals surface area (Å²) < 4.78 is 5.73. The van der Waals surface area contributed by atoms with Crippen molar-refractivity contribution in [3.05, 3.63) is 64.7 Å². The van der Waals surface area contributed by atoms with Gasteiger partial charge in [-0.25, -0.2) is 0 Å². The van der Waals surface area contributed by atoms with E-state index in [0.29, 0.717) is 6.61 Å². The van der Waals surface area contributed by atoms with E-state index in [2.05, 4.69) is 32.0 Å². The predicted octanol–water partition coefficient (Wildman–Crippen LogP) is 3.37. The van der Waals surface area contributed by atoms with Gasteiger partial charge in [-0.3, -0.25) is 0 Å². The van der Waals surface area contributed by atoms with Gasteiger partial charge in [0.25, 0.3) is 0 Å². The van der Waals surface area contributed by atoms with E-state index in [-0.39, 0.29) is 6.61 Å². The summed E-state index contributed by atoms with van der Waals surface area (Å²) in [5, 5.41) is 9.06. The van der Waals surface area contributed by atoms with Crippen molar-refractivity contribution >= 4 is 0 Å². The number of benzene rings is 2. The molecule has 0 radical (unpaired) electrons. The van der Waals surface area contributed by atoms with Crippen LogP contribution >= 0.6 is 0 Å². The van der Waals surface area contributed by atoms with Crippen molar-refractivity contribution in [3.8, 4) is 5.75 Å². The Morgan fingerprint density at radius 3 is 2.33 bits per heavy atom. The Morgan fingerprint density at radius 2 is 1.67 bits per heavy atom. The van der Waals surface area contributed by atoms with E-state index >= 15 is 0 Å². The third kappa shape index (κ3) is 3.34. The Labute approximate surface area is 108 Å². The molecule has 2 rings (SSSR count). The van der Waals surface area contributed by atoms with Crippen LogP contribution in [-0.2, 0) is 13.2 Å². The van der Waals surface area contributed by atoms with Gasteiger partial charge in [-0.1, -0.05) is 41.5 Å². The molecule has 0 bridgehead atoms. The van der Waals surface area contributed by atoms with Gasteiger partial charge in [0.05, 0.1) is 6.61 Å². The molecule has 0 aromatic heterocycles. The van der Waals surface area contributed by atoms with Crippen LogP contribution < -0.4 is 4.74 Å². The van der Waals surface area contributed by atoms with Gasteiger partial charge in [0.1, 0.15) is 12.4 Å². The Balaban J connectivity index is 2.06. The molecule has 0 atom stereocenters. The van der Waals surface area contributed by atoms with Crippen molar-refractivity contribution in [2.24, 2.45) is 0 Å². The standard InChI is InChI=1S/C16H18O2/c1-12-6-13(2)8-15(7-12)11-18-16-5-3-4-14(9-16)10-17/h3-9,17H,10-11H2,1-2H3. The van der Waals surface area contributed by atoms with Crippen molar-refractivity contribution < 1.29 is 9.84 Å². The van der Waals surface area contributed by atoms with Gasteiger partial charge < -0.3 is 9.84 Å². The lowest BCUT2D eigenvalue weighted by Crippen LogP contribution is -1.97.